The van der Waals surface area contributed by atoms with Gasteiger partial charge in [0.05, 0.1) is 24.7 Å². The van der Waals surface area contributed by atoms with Gasteiger partial charge in [0.15, 0.2) is 0 Å². The van der Waals surface area contributed by atoms with E-state index in [1.165, 1.54) is 6.42 Å². The maximum absolute atomic E-state index is 12.3. The van der Waals surface area contributed by atoms with E-state index in [-0.39, 0.29) is 12.5 Å². The van der Waals surface area contributed by atoms with Crippen molar-refractivity contribution in [3.8, 4) is 5.69 Å². The lowest BCUT2D eigenvalue weighted by Gasteiger charge is -2.22. The first-order chi connectivity index (χ1) is 12.3. The minimum absolute atomic E-state index is 0.0728. The summed E-state index contributed by atoms with van der Waals surface area (Å²) in [5, 5.41) is 20.0. The van der Waals surface area contributed by atoms with Crippen molar-refractivity contribution in [3.05, 3.63) is 42.2 Å². The average molecular weight is 343 g/mol. The van der Waals surface area contributed by atoms with E-state index in [1.807, 2.05) is 12.1 Å². The van der Waals surface area contributed by atoms with Gasteiger partial charge in [-0.1, -0.05) is 11.3 Å². The molecule has 0 bridgehead atoms. The highest BCUT2D eigenvalue weighted by atomic mass is 16.3. The summed E-state index contributed by atoms with van der Waals surface area (Å²) in [6.45, 7) is 2.97. The van der Waals surface area contributed by atoms with Gasteiger partial charge in [0.2, 0.25) is 0 Å². The van der Waals surface area contributed by atoms with Crippen LogP contribution in [0.1, 0.15) is 36.0 Å². The number of benzene rings is 1. The van der Waals surface area contributed by atoms with Crippen LogP contribution in [0.3, 0.4) is 0 Å². The van der Waals surface area contributed by atoms with E-state index < -0.39 is 0 Å². The van der Waals surface area contributed by atoms with E-state index >= 15 is 0 Å². The summed E-state index contributed by atoms with van der Waals surface area (Å²) in [4.78, 5) is 14.6. The molecular formula is C18H25N5O2. The lowest BCUT2D eigenvalue weighted by molar-refractivity contribution is 0.0952. The van der Waals surface area contributed by atoms with E-state index in [4.69, 9.17) is 0 Å². The number of likely N-dealkylation sites (tertiary alicyclic amines) is 1. The highest BCUT2D eigenvalue weighted by Gasteiger charge is 2.22. The Morgan fingerprint density at radius 3 is 3.08 bits per heavy atom. The molecule has 1 aliphatic heterocycles. The topological polar surface area (TPSA) is 83.3 Å². The zero-order chi connectivity index (χ0) is 17.5. The van der Waals surface area contributed by atoms with E-state index in [9.17, 15) is 9.90 Å². The standard InChI is InChI=1S/C18H25N5O2/c24-14-17-7-4-11-22(17)10-2-1-8-19-18(25)15-5-3-6-16(13-15)23-12-9-20-21-23/h3,5-6,9,12-13,17,24H,1-2,4,7-8,10-11,14H2,(H,19,25). The second-order valence-corrected chi connectivity index (χ2v) is 6.38. The van der Waals surface area contributed by atoms with Crippen molar-refractivity contribution in [1.82, 2.24) is 25.2 Å². The number of unbranched alkanes of at least 4 members (excludes halogenated alkanes) is 1. The van der Waals surface area contributed by atoms with Crippen LogP contribution in [0.2, 0.25) is 0 Å². The third-order valence-corrected chi connectivity index (χ3v) is 4.66. The molecule has 2 N–H and O–H groups in total. The van der Waals surface area contributed by atoms with Crippen LogP contribution >= 0.6 is 0 Å². The van der Waals surface area contributed by atoms with Gasteiger partial charge in [0.1, 0.15) is 0 Å². The number of nitrogens with one attached hydrogen (secondary N) is 1. The molecule has 1 saturated heterocycles. The third-order valence-electron chi connectivity index (χ3n) is 4.66. The second kappa shape index (κ2) is 8.73. The molecule has 1 fully saturated rings. The zero-order valence-corrected chi connectivity index (χ0v) is 14.3. The molecule has 134 valence electrons. The van der Waals surface area contributed by atoms with Gasteiger partial charge >= 0.3 is 0 Å². The smallest absolute Gasteiger partial charge is 0.251 e. The number of aliphatic hydroxyl groups is 1. The second-order valence-electron chi connectivity index (χ2n) is 6.38. The van der Waals surface area contributed by atoms with Crippen LogP contribution in [0.15, 0.2) is 36.7 Å². The van der Waals surface area contributed by atoms with Crippen molar-refractivity contribution >= 4 is 5.91 Å². The van der Waals surface area contributed by atoms with Crippen LogP contribution in [-0.4, -0.2) is 63.2 Å². The number of carbonyl (C=O) groups excluding carboxylic acids is 1. The van der Waals surface area contributed by atoms with Gasteiger partial charge in [-0.05, 0) is 57.0 Å². The summed E-state index contributed by atoms with van der Waals surface area (Å²) >= 11 is 0. The summed E-state index contributed by atoms with van der Waals surface area (Å²) in [5.41, 5.74) is 1.43. The predicted octanol–water partition coefficient (Wildman–Crippen LogP) is 1.23. The third kappa shape index (κ3) is 4.64. The molecule has 0 saturated carbocycles. The molecule has 3 rings (SSSR count). The molecule has 0 spiro atoms. The molecule has 1 aromatic carbocycles. The molecule has 25 heavy (non-hydrogen) atoms. The molecule has 1 aromatic heterocycles. The van der Waals surface area contributed by atoms with Crippen molar-refractivity contribution in [2.24, 2.45) is 0 Å². The number of aliphatic hydroxyl groups excluding tert-OH is 1. The van der Waals surface area contributed by atoms with Gasteiger partial charge in [0, 0.05) is 18.2 Å². The normalized spacial score (nSPS) is 17.7. The molecule has 7 heteroatoms. The molecule has 1 atom stereocenters. The van der Waals surface area contributed by atoms with Crippen molar-refractivity contribution in [1.29, 1.82) is 0 Å². The summed E-state index contributed by atoms with van der Waals surface area (Å²) < 4.78 is 1.63. The molecule has 2 aromatic rings. The quantitative estimate of drug-likeness (QED) is 0.705. The zero-order valence-electron chi connectivity index (χ0n) is 14.3. The number of carbonyl (C=O) groups is 1. The summed E-state index contributed by atoms with van der Waals surface area (Å²) in [5.74, 6) is -0.0728. The molecule has 0 aliphatic carbocycles. The molecule has 1 unspecified atom stereocenters. The van der Waals surface area contributed by atoms with Crippen LogP contribution < -0.4 is 5.32 Å². The molecule has 1 aliphatic rings. The Balaban J connectivity index is 1.41. The van der Waals surface area contributed by atoms with Gasteiger partial charge in [-0.3, -0.25) is 9.69 Å². The molecule has 2 heterocycles. The minimum atomic E-state index is -0.0728. The SMILES string of the molecule is O=C(NCCCCN1CCCC1CO)c1cccc(-n2ccnn2)c1. The summed E-state index contributed by atoms with van der Waals surface area (Å²) in [6.07, 6.45) is 7.57. The van der Waals surface area contributed by atoms with Crippen LogP contribution in [0.5, 0.6) is 0 Å². The maximum atomic E-state index is 12.3. The summed E-state index contributed by atoms with van der Waals surface area (Å²) in [7, 11) is 0. The van der Waals surface area contributed by atoms with Crippen LogP contribution in [0, 0.1) is 0 Å². The fourth-order valence-corrected chi connectivity index (χ4v) is 3.28. The fourth-order valence-electron chi connectivity index (χ4n) is 3.28. The van der Waals surface area contributed by atoms with Gasteiger partial charge in [-0.2, -0.15) is 0 Å². The van der Waals surface area contributed by atoms with Crippen molar-refractivity contribution in [2.45, 2.75) is 31.7 Å². The minimum Gasteiger partial charge on any atom is -0.395 e. The number of hydrogen-bond acceptors (Lipinski definition) is 5. The molecule has 0 radical (unpaired) electrons. The Hall–Kier alpha value is -2.25. The van der Waals surface area contributed by atoms with Crippen LogP contribution in [0.25, 0.3) is 5.69 Å². The Bertz CT molecular complexity index is 674. The van der Waals surface area contributed by atoms with E-state index in [0.717, 1.165) is 38.0 Å². The number of hydrogen-bond donors (Lipinski definition) is 2. The lowest BCUT2D eigenvalue weighted by Crippen LogP contribution is -2.33. The van der Waals surface area contributed by atoms with E-state index in [1.54, 1.807) is 29.2 Å². The monoisotopic (exact) mass is 343 g/mol. The highest BCUT2D eigenvalue weighted by Crippen LogP contribution is 2.16. The van der Waals surface area contributed by atoms with Crippen molar-refractivity contribution in [3.63, 3.8) is 0 Å². The van der Waals surface area contributed by atoms with Crippen molar-refractivity contribution in [2.75, 3.05) is 26.2 Å². The first kappa shape index (κ1) is 17.6. The van der Waals surface area contributed by atoms with E-state index in [2.05, 4.69) is 20.5 Å². The number of rotatable bonds is 8. The number of amides is 1. The molecular weight excluding hydrogens is 318 g/mol. The van der Waals surface area contributed by atoms with E-state index in [0.29, 0.717) is 18.2 Å². The number of aromatic nitrogens is 3. The molecule has 7 nitrogen and oxygen atoms in total. The average Bonchev–Trinajstić information content (AvgIpc) is 3.33. The van der Waals surface area contributed by atoms with Gasteiger partial charge < -0.3 is 10.4 Å². The van der Waals surface area contributed by atoms with Gasteiger partial charge in [0.25, 0.3) is 5.91 Å². The predicted molar refractivity (Wildman–Crippen MR) is 94.6 cm³/mol. The Morgan fingerprint density at radius 1 is 1.36 bits per heavy atom. The number of nitrogens with zero attached hydrogens (tertiary/aromatic N) is 4. The van der Waals surface area contributed by atoms with Gasteiger partial charge in [-0.15, -0.1) is 5.10 Å². The van der Waals surface area contributed by atoms with Crippen LogP contribution in [-0.2, 0) is 0 Å². The lowest BCUT2D eigenvalue weighted by atomic mass is 10.2. The van der Waals surface area contributed by atoms with Crippen LogP contribution in [0.4, 0.5) is 0 Å². The Labute approximate surface area is 147 Å². The Morgan fingerprint density at radius 2 is 2.28 bits per heavy atom. The summed E-state index contributed by atoms with van der Waals surface area (Å²) in [6, 6.07) is 7.66. The van der Waals surface area contributed by atoms with Gasteiger partial charge in [-0.25, -0.2) is 4.68 Å². The first-order valence-corrected chi connectivity index (χ1v) is 8.88. The maximum Gasteiger partial charge on any atom is 0.251 e. The Kier molecular flexibility index (Phi) is 6.14. The largest absolute Gasteiger partial charge is 0.395 e. The molecule has 1 amide bonds. The van der Waals surface area contributed by atoms with Crippen molar-refractivity contribution < 1.29 is 9.90 Å². The highest BCUT2D eigenvalue weighted by molar-refractivity contribution is 5.94. The first-order valence-electron chi connectivity index (χ1n) is 8.88. The fraction of sp³-hybridized carbons (Fsp3) is 0.500.